The van der Waals surface area contributed by atoms with Crippen molar-refractivity contribution in [2.45, 2.75) is 4.90 Å². The molecular formula is C17H17BrN2O4S. The van der Waals surface area contributed by atoms with E-state index in [4.69, 9.17) is 4.74 Å². The summed E-state index contributed by atoms with van der Waals surface area (Å²) in [5, 5.41) is 2.76. The van der Waals surface area contributed by atoms with Crippen LogP contribution < -0.4 is 5.32 Å². The van der Waals surface area contributed by atoms with Crippen LogP contribution in [-0.4, -0.2) is 44.9 Å². The minimum Gasteiger partial charge on any atom is -0.379 e. The Kier molecular flexibility index (Phi) is 5.53. The van der Waals surface area contributed by atoms with Gasteiger partial charge in [0.2, 0.25) is 10.0 Å². The van der Waals surface area contributed by atoms with Crippen LogP contribution >= 0.6 is 15.9 Å². The van der Waals surface area contributed by atoms with Crippen LogP contribution in [-0.2, 0) is 14.8 Å². The second-order valence-electron chi connectivity index (χ2n) is 5.51. The molecule has 0 bridgehead atoms. The van der Waals surface area contributed by atoms with Gasteiger partial charge in [0.25, 0.3) is 5.91 Å². The number of hydrogen-bond acceptors (Lipinski definition) is 4. The molecule has 25 heavy (non-hydrogen) atoms. The Hall–Kier alpha value is -1.74. The average molecular weight is 425 g/mol. The van der Waals surface area contributed by atoms with E-state index < -0.39 is 10.0 Å². The zero-order valence-corrected chi connectivity index (χ0v) is 15.7. The van der Waals surface area contributed by atoms with Crippen LogP contribution in [0.3, 0.4) is 0 Å². The highest BCUT2D eigenvalue weighted by atomic mass is 79.9. The Morgan fingerprint density at radius 1 is 1.08 bits per heavy atom. The zero-order chi connectivity index (χ0) is 17.9. The maximum absolute atomic E-state index is 12.7. The molecule has 0 saturated carbocycles. The highest BCUT2D eigenvalue weighted by Crippen LogP contribution is 2.20. The van der Waals surface area contributed by atoms with E-state index in [1.54, 1.807) is 30.3 Å². The average Bonchev–Trinajstić information content (AvgIpc) is 2.62. The third-order valence-electron chi connectivity index (χ3n) is 3.79. The lowest BCUT2D eigenvalue weighted by molar-refractivity contribution is 0.0730. The fraction of sp³-hybridized carbons (Fsp3) is 0.235. The van der Waals surface area contributed by atoms with Crippen LogP contribution in [0, 0.1) is 0 Å². The number of ether oxygens (including phenoxy) is 1. The summed E-state index contributed by atoms with van der Waals surface area (Å²) in [6, 6.07) is 13.3. The summed E-state index contributed by atoms with van der Waals surface area (Å²) in [4.78, 5) is 12.5. The molecule has 0 atom stereocenters. The smallest absolute Gasteiger partial charge is 0.255 e. The Morgan fingerprint density at radius 2 is 1.80 bits per heavy atom. The molecule has 0 unspecified atom stereocenters. The molecule has 2 aromatic carbocycles. The van der Waals surface area contributed by atoms with Crippen molar-refractivity contribution in [2.75, 3.05) is 31.6 Å². The maximum Gasteiger partial charge on any atom is 0.255 e. The van der Waals surface area contributed by atoms with Crippen molar-refractivity contribution in [2.24, 2.45) is 0 Å². The molecule has 1 fully saturated rings. The first-order valence-electron chi connectivity index (χ1n) is 7.72. The van der Waals surface area contributed by atoms with Crippen molar-refractivity contribution in [3.63, 3.8) is 0 Å². The van der Waals surface area contributed by atoms with Crippen LogP contribution in [0.25, 0.3) is 0 Å². The number of carbonyl (C=O) groups is 1. The third-order valence-corrected chi connectivity index (χ3v) is 6.17. The van der Waals surface area contributed by atoms with Gasteiger partial charge in [-0.05, 0) is 36.4 Å². The van der Waals surface area contributed by atoms with Gasteiger partial charge in [-0.3, -0.25) is 4.79 Å². The molecule has 1 aliphatic rings. The first-order chi connectivity index (χ1) is 12.0. The lowest BCUT2D eigenvalue weighted by Crippen LogP contribution is -2.40. The SMILES string of the molecule is O=C(Nc1cccc(Br)c1)c1cccc(S(=O)(=O)N2CCOCC2)c1. The number of amides is 1. The minimum absolute atomic E-state index is 0.108. The maximum atomic E-state index is 12.7. The minimum atomic E-state index is -3.63. The molecule has 8 heteroatoms. The van der Waals surface area contributed by atoms with Gasteiger partial charge < -0.3 is 10.1 Å². The molecule has 1 amide bonds. The lowest BCUT2D eigenvalue weighted by atomic mass is 10.2. The van der Waals surface area contributed by atoms with Crippen LogP contribution in [0.5, 0.6) is 0 Å². The highest BCUT2D eigenvalue weighted by Gasteiger charge is 2.26. The van der Waals surface area contributed by atoms with E-state index in [-0.39, 0.29) is 16.4 Å². The molecule has 3 rings (SSSR count). The molecule has 6 nitrogen and oxygen atoms in total. The van der Waals surface area contributed by atoms with Crippen molar-refractivity contribution in [3.05, 3.63) is 58.6 Å². The summed E-state index contributed by atoms with van der Waals surface area (Å²) in [7, 11) is -3.63. The number of halogens is 1. The van der Waals surface area contributed by atoms with E-state index in [0.29, 0.717) is 32.0 Å². The van der Waals surface area contributed by atoms with Crippen molar-refractivity contribution in [3.8, 4) is 0 Å². The number of carbonyl (C=O) groups excluding carboxylic acids is 1. The normalized spacial score (nSPS) is 15.7. The Labute approximate surface area is 155 Å². The summed E-state index contributed by atoms with van der Waals surface area (Å²) < 4.78 is 32.8. The number of sulfonamides is 1. The van der Waals surface area contributed by atoms with Gasteiger partial charge in [-0.1, -0.05) is 28.1 Å². The Morgan fingerprint density at radius 3 is 2.52 bits per heavy atom. The molecule has 1 aliphatic heterocycles. The quantitative estimate of drug-likeness (QED) is 0.818. The number of anilines is 1. The zero-order valence-electron chi connectivity index (χ0n) is 13.3. The van der Waals surface area contributed by atoms with Gasteiger partial charge >= 0.3 is 0 Å². The summed E-state index contributed by atoms with van der Waals surface area (Å²) in [6.07, 6.45) is 0. The molecule has 0 spiro atoms. The summed E-state index contributed by atoms with van der Waals surface area (Å²) in [5.74, 6) is -0.364. The number of hydrogen-bond donors (Lipinski definition) is 1. The van der Waals surface area contributed by atoms with Crippen LogP contribution in [0.2, 0.25) is 0 Å². The summed E-state index contributed by atoms with van der Waals surface area (Å²) in [6.45, 7) is 1.39. The van der Waals surface area contributed by atoms with E-state index in [9.17, 15) is 13.2 Å². The van der Waals surface area contributed by atoms with Crippen molar-refractivity contribution in [1.29, 1.82) is 0 Å². The Bertz CT molecular complexity index is 880. The van der Waals surface area contributed by atoms with E-state index >= 15 is 0 Å². The molecule has 2 aromatic rings. The number of nitrogens with zero attached hydrogens (tertiary/aromatic N) is 1. The molecule has 0 aliphatic carbocycles. The van der Waals surface area contributed by atoms with Crippen LogP contribution in [0.15, 0.2) is 57.9 Å². The lowest BCUT2D eigenvalue weighted by Gasteiger charge is -2.26. The molecule has 1 heterocycles. The first-order valence-corrected chi connectivity index (χ1v) is 9.95. The van der Waals surface area contributed by atoms with Gasteiger partial charge in [0.1, 0.15) is 0 Å². The molecule has 0 radical (unpaired) electrons. The standard InChI is InChI=1S/C17H17BrN2O4S/c18-14-4-2-5-15(12-14)19-17(21)13-3-1-6-16(11-13)25(22,23)20-7-9-24-10-8-20/h1-6,11-12H,7-10H2,(H,19,21). The van der Waals surface area contributed by atoms with Gasteiger partial charge in [-0.2, -0.15) is 4.31 Å². The predicted molar refractivity (Wildman–Crippen MR) is 98.1 cm³/mol. The number of morpholine rings is 1. The molecule has 132 valence electrons. The highest BCUT2D eigenvalue weighted by molar-refractivity contribution is 9.10. The molecule has 1 saturated heterocycles. The molecule has 0 aromatic heterocycles. The van der Waals surface area contributed by atoms with Gasteiger partial charge in [-0.25, -0.2) is 8.42 Å². The third kappa shape index (κ3) is 4.27. The van der Waals surface area contributed by atoms with Crippen LogP contribution in [0.1, 0.15) is 10.4 Å². The molecule has 1 N–H and O–H groups in total. The van der Waals surface area contributed by atoms with Crippen molar-refractivity contribution >= 4 is 37.5 Å². The number of benzene rings is 2. The van der Waals surface area contributed by atoms with Gasteiger partial charge in [0.15, 0.2) is 0 Å². The summed E-state index contributed by atoms with van der Waals surface area (Å²) >= 11 is 3.34. The fourth-order valence-corrected chi connectivity index (χ4v) is 4.36. The van der Waals surface area contributed by atoms with Gasteiger partial charge in [-0.15, -0.1) is 0 Å². The van der Waals surface area contributed by atoms with E-state index in [2.05, 4.69) is 21.2 Å². The van der Waals surface area contributed by atoms with Crippen LogP contribution in [0.4, 0.5) is 5.69 Å². The largest absolute Gasteiger partial charge is 0.379 e. The molecular weight excluding hydrogens is 408 g/mol. The monoisotopic (exact) mass is 424 g/mol. The second kappa shape index (κ2) is 7.65. The van der Waals surface area contributed by atoms with E-state index in [0.717, 1.165) is 4.47 Å². The van der Waals surface area contributed by atoms with Gasteiger partial charge in [0, 0.05) is 28.8 Å². The van der Waals surface area contributed by atoms with E-state index in [1.807, 2.05) is 6.07 Å². The fourth-order valence-electron chi connectivity index (χ4n) is 2.50. The second-order valence-corrected chi connectivity index (χ2v) is 8.36. The van der Waals surface area contributed by atoms with Crippen molar-refractivity contribution < 1.29 is 17.9 Å². The van der Waals surface area contributed by atoms with E-state index in [1.165, 1.54) is 16.4 Å². The Balaban J connectivity index is 1.82. The predicted octanol–water partition coefficient (Wildman–Crippen LogP) is 2.72. The topological polar surface area (TPSA) is 75.7 Å². The van der Waals surface area contributed by atoms with Gasteiger partial charge in [0.05, 0.1) is 18.1 Å². The first kappa shape index (κ1) is 18.1. The number of rotatable bonds is 4. The van der Waals surface area contributed by atoms with Crippen molar-refractivity contribution in [1.82, 2.24) is 4.31 Å². The number of nitrogens with one attached hydrogen (secondary N) is 1. The summed E-state index contributed by atoms with van der Waals surface area (Å²) in [5.41, 5.74) is 0.912.